The molecule has 0 bridgehead atoms. The van der Waals surface area contributed by atoms with Crippen molar-refractivity contribution in [2.24, 2.45) is 0 Å². The highest BCUT2D eigenvalue weighted by Crippen LogP contribution is 2.00. The summed E-state index contributed by atoms with van der Waals surface area (Å²) < 4.78 is 9.81. The van der Waals surface area contributed by atoms with Gasteiger partial charge in [0.1, 0.15) is 6.00 Å². The van der Waals surface area contributed by atoms with Gasteiger partial charge in [0, 0.05) is 0 Å². The molecule has 52 valence electrons. The van der Waals surface area contributed by atoms with Crippen molar-refractivity contribution in [3.63, 3.8) is 0 Å². The highest BCUT2D eigenvalue weighted by Gasteiger charge is 2.26. The van der Waals surface area contributed by atoms with Crippen LogP contribution in [0.5, 0.6) is 0 Å². The lowest BCUT2D eigenvalue weighted by atomic mass is 9.82. The summed E-state index contributed by atoms with van der Waals surface area (Å²) in [4.78, 5) is 0. The first-order chi connectivity index (χ1) is 4.30. The third-order valence-corrected chi connectivity index (χ3v) is 1.17. The molecule has 1 atom stereocenters. The molecule has 0 saturated carbocycles. The average Bonchev–Trinajstić information content (AvgIpc) is 1.90. The Bertz CT molecular complexity index is 80.6. The van der Waals surface area contributed by atoms with Crippen LogP contribution in [0.15, 0.2) is 0 Å². The van der Waals surface area contributed by atoms with Gasteiger partial charge >= 0.3 is 7.12 Å². The molecular weight excluding hydrogens is 123 g/mol. The van der Waals surface area contributed by atoms with E-state index in [2.05, 4.69) is 0 Å². The van der Waals surface area contributed by atoms with Gasteiger partial charge in [0.25, 0.3) is 0 Å². The summed E-state index contributed by atoms with van der Waals surface area (Å²) in [5.41, 5.74) is 0. The van der Waals surface area contributed by atoms with Crippen LogP contribution in [0.1, 0.15) is 0 Å². The first-order valence-corrected chi connectivity index (χ1v) is 2.86. The van der Waals surface area contributed by atoms with Crippen LogP contribution >= 0.6 is 0 Å². The fraction of sp³-hybridized carbons (Fsp3) is 1.00. The fourth-order valence-electron chi connectivity index (χ4n) is 0.678. The first-order valence-electron chi connectivity index (χ1n) is 2.86. The highest BCUT2D eigenvalue weighted by atomic mass is 16.6. The van der Waals surface area contributed by atoms with Crippen LogP contribution in [0.3, 0.4) is 0 Å². The zero-order valence-electron chi connectivity index (χ0n) is 4.99. The molecule has 0 radical (unpaired) electrons. The van der Waals surface area contributed by atoms with Gasteiger partial charge in [-0.2, -0.15) is 0 Å². The number of hydrogen-bond acceptors (Lipinski definition) is 4. The van der Waals surface area contributed by atoms with E-state index in [9.17, 15) is 0 Å². The Hall–Kier alpha value is -0.0951. The van der Waals surface area contributed by atoms with Crippen molar-refractivity contribution >= 4 is 7.12 Å². The molecule has 1 heterocycles. The van der Waals surface area contributed by atoms with Crippen molar-refractivity contribution in [2.45, 2.75) is 6.00 Å². The van der Waals surface area contributed by atoms with Gasteiger partial charge in [0.15, 0.2) is 0 Å². The van der Waals surface area contributed by atoms with Crippen molar-refractivity contribution < 1.29 is 19.5 Å². The summed E-state index contributed by atoms with van der Waals surface area (Å²) in [7, 11) is -1.41. The van der Waals surface area contributed by atoms with E-state index in [4.69, 9.17) is 19.5 Å². The largest absolute Gasteiger partial charge is 0.484 e. The van der Waals surface area contributed by atoms with Crippen LogP contribution in [0.2, 0.25) is 0 Å². The zero-order chi connectivity index (χ0) is 6.69. The second-order valence-electron chi connectivity index (χ2n) is 1.90. The van der Waals surface area contributed by atoms with Crippen LogP contribution in [-0.4, -0.2) is 43.0 Å². The average molecular weight is 132 g/mol. The van der Waals surface area contributed by atoms with Gasteiger partial charge in [-0.3, -0.25) is 0 Å². The quantitative estimate of drug-likeness (QED) is 0.422. The predicted molar refractivity (Wildman–Crippen MR) is 30.8 cm³/mol. The minimum absolute atomic E-state index is 0.275. The molecule has 0 aromatic heterocycles. The van der Waals surface area contributed by atoms with E-state index in [1.807, 2.05) is 0 Å². The van der Waals surface area contributed by atoms with Crippen LogP contribution in [0.25, 0.3) is 0 Å². The maximum Gasteiger partial charge on any atom is 0.484 e. The molecule has 1 aliphatic rings. The molecule has 2 N–H and O–H groups in total. The monoisotopic (exact) mass is 132 g/mol. The van der Waals surface area contributed by atoms with Gasteiger partial charge in [-0.05, 0) is 0 Å². The van der Waals surface area contributed by atoms with Gasteiger partial charge in [0.05, 0.1) is 19.8 Å². The molecule has 1 aliphatic heterocycles. The zero-order valence-corrected chi connectivity index (χ0v) is 4.99. The molecule has 0 amide bonds. The molecule has 1 fully saturated rings. The molecule has 0 aromatic rings. The molecule has 0 aliphatic carbocycles. The molecule has 1 saturated heterocycles. The maximum atomic E-state index is 8.53. The number of hydrogen-bond donors (Lipinski definition) is 2. The smallest absolute Gasteiger partial charge is 0.425 e. The maximum absolute atomic E-state index is 8.53. The Morgan fingerprint density at radius 2 is 2.11 bits per heavy atom. The van der Waals surface area contributed by atoms with E-state index < -0.39 is 13.1 Å². The van der Waals surface area contributed by atoms with Crippen molar-refractivity contribution in [2.75, 3.05) is 19.8 Å². The van der Waals surface area contributed by atoms with E-state index in [1.165, 1.54) is 0 Å². The van der Waals surface area contributed by atoms with Crippen LogP contribution in [-0.2, 0) is 9.47 Å². The molecule has 5 heteroatoms. The minimum atomic E-state index is -1.41. The Morgan fingerprint density at radius 3 is 2.44 bits per heavy atom. The summed E-state index contributed by atoms with van der Waals surface area (Å²) >= 11 is 0. The van der Waals surface area contributed by atoms with Crippen LogP contribution < -0.4 is 0 Å². The summed E-state index contributed by atoms with van der Waals surface area (Å²) in [6.07, 6.45) is 0. The fourth-order valence-corrected chi connectivity index (χ4v) is 0.678. The van der Waals surface area contributed by atoms with Gasteiger partial charge in [-0.25, -0.2) is 0 Å². The van der Waals surface area contributed by atoms with Gasteiger partial charge < -0.3 is 19.5 Å². The minimum Gasteiger partial charge on any atom is -0.425 e. The molecule has 1 unspecified atom stereocenters. The van der Waals surface area contributed by atoms with E-state index in [0.29, 0.717) is 13.2 Å². The van der Waals surface area contributed by atoms with E-state index in [1.54, 1.807) is 0 Å². The SMILES string of the molecule is OB(O)C1COCCO1. The molecule has 1 rings (SSSR count). The second kappa shape index (κ2) is 3.17. The molecule has 9 heavy (non-hydrogen) atoms. The normalized spacial score (nSPS) is 28.0. The molecule has 0 spiro atoms. The van der Waals surface area contributed by atoms with E-state index in [0.717, 1.165) is 0 Å². The highest BCUT2D eigenvalue weighted by molar-refractivity contribution is 6.42. The Kier molecular flexibility index (Phi) is 2.47. The van der Waals surface area contributed by atoms with Gasteiger partial charge in [0.2, 0.25) is 0 Å². The standard InChI is InChI=1S/C4H9BO4/c6-5(7)4-3-8-1-2-9-4/h4,6-7H,1-3H2. The van der Waals surface area contributed by atoms with Gasteiger partial charge in [-0.1, -0.05) is 0 Å². The van der Waals surface area contributed by atoms with Crippen molar-refractivity contribution in [3.05, 3.63) is 0 Å². The van der Waals surface area contributed by atoms with E-state index in [-0.39, 0.29) is 6.61 Å². The van der Waals surface area contributed by atoms with Crippen molar-refractivity contribution in [1.82, 2.24) is 0 Å². The topological polar surface area (TPSA) is 58.9 Å². The lowest BCUT2D eigenvalue weighted by molar-refractivity contribution is -0.0660. The third-order valence-electron chi connectivity index (χ3n) is 1.17. The third kappa shape index (κ3) is 1.94. The van der Waals surface area contributed by atoms with E-state index >= 15 is 0 Å². The van der Waals surface area contributed by atoms with Crippen molar-refractivity contribution in [3.8, 4) is 0 Å². The molecular formula is C4H9BO4. The summed E-state index contributed by atoms with van der Waals surface area (Å²) in [5.74, 6) is 0. The van der Waals surface area contributed by atoms with Crippen LogP contribution in [0, 0.1) is 0 Å². The second-order valence-corrected chi connectivity index (χ2v) is 1.90. The first kappa shape index (κ1) is 7.02. The summed E-state index contributed by atoms with van der Waals surface area (Å²) in [6.45, 7) is 1.27. The lowest BCUT2D eigenvalue weighted by Gasteiger charge is -2.21. The Labute approximate surface area is 53.5 Å². The van der Waals surface area contributed by atoms with Crippen molar-refractivity contribution in [1.29, 1.82) is 0 Å². The Morgan fingerprint density at radius 1 is 1.33 bits per heavy atom. The summed E-state index contributed by atoms with van der Waals surface area (Å²) in [5, 5.41) is 17.1. The van der Waals surface area contributed by atoms with Gasteiger partial charge in [-0.15, -0.1) is 0 Å². The van der Waals surface area contributed by atoms with Crippen LogP contribution in [0.4, 0.5) is 0 Å². The summed E-state index contributed by atoms with van der Waals surface area (Å²) in [6, 6.07) is -0.557. The number of ether oxygens (including phenoxy) is 2. The molecule has 4 nitrogen and oxygen atoms in total. The lowest BCUT2D eigenvalue weighted by Crippen LogP contribution is -2.41. The Balaban J connectivity index is 2.23. The number of rotatable bonds is 1. The predicted octanol–water partition coefficient (Wildman–Crippen LogP) is -1.59. The molecule has 0 aromatic carbocycles.